The van der Waals surface area contributed by atoms with Crippen molar-refractivity contribution >= 4 is 52.5 Å². The maximum Gasteiger partial charge on any atom is 0.373 e. The molecule has 4 aromatic rings. The van der Waals surface area contributed by atoms with Crippen molar-refractivity contribution in [2.24, 2.45) is 0 Å². The molecule has 2 aromatic heterocycles. The number of nitrogens with zero attached hydrogens (tertiary/aromatic N) is 3. The molecule has 0 atom stereocenters. The van der Waals surface area contributed by atoms with E-state index < -0.39 is 0 Å². The summed E-state index contributed by atoms with van der Waals surface area (Å²) >= 11 is 15.8. The molecule has 0 spiro atoms. The predicted octanol–water partition coefficient (Wildman–Crippen LogP) is 6.92. The van der Waals surface area contributed by atoms with Crippen LogP contribution in [0.1, 0.15) is 19.5 Å². The first-order valence-electron chi connectivity index (χ1n) is 10.4. The van der Waals surface area contributed by atoms with Gasteiger partial charge in [0.15, 0.2) is 11.5 Å². The van der Waals surface area contributed by atoms with Crippen LogP contribution in [-0.2, 0) is 9.59 Å². The molecule has 2 aromatic carbocycles. The molecule has 0 saturated heterocycles. The van der Waals surface area contributed by atoms with Gasteiger partial charge in [-0.2, -0.15) is 14.7 Å². The molecule has 0 unspecified atom stereocenters. The van der Waals surface area contributed by atoms with Gasteiger partial charge in [0, 0.05) is 22.6 Å². The Labute approximate surface area is 220 Å². The summed E-state index contributed by atoms with van der Waals surface area (Å²) in [6.45, 7) is 6.58. The van der Waals surface area contributed by atoms with Crippen LogP contribution in [0.4, 0.5) is 0 Å². The molecule has 0 aliphatic carbocycles. The molecule has 35 heavy (non-hydrogen) atoms. The number of aryl methyl sites for hydroxylation is 1. The number of rotatable bonds is 5. The summed E-state index contributed by atoms with van der Waals surface area (Å²) < 4.78 is 13.9. The lowest BCUT2D eigenvalue weighted by atomic mass is 10.1. The largest absolute Gasteiger partial charge is 0.454 e. The summed E-state index contributed by atoms with van der Waals surface area (Å²) in [7, 11) is 0. The van der Waals surface area contributed by atoms with Gasteiger partial charge in [-0.05, 0) is 36.8 Å². The van der Waals surface area contributed by atoms with Gasteiger partial charge in [0.2, 0.25) is 11.9 Å². The van der Waals surface area contributed by atoms with E-state index in [1.165, 1.54) is 0 Å². The summed E-state index contributed by atoms with van der Waals surface area (Å²) in [6, 6.07) is 11.5. The van der Waals surface area contributed by atoms with Crippen LogP contribution in [0.2, 0.25) is 10.0 Å². The lowest BCUT2D eigenvalue weighted by Gasteiger charge is -2.05. The number of hydrogen-bond donors (Lipinski definition) is 0. The summed E-state index contributed by atoms with van der Waals surface area (Å²) in [4.78, 5) is 21.2. The third kappa shape index (κ3) is 5.55. The summed E-state index contributed by atoms with van der Waals surface area (Å²) in [6.07, 6.45) is 2.26. The van der Waals surface area contributed by atoms with Gasteiger partial charge in [0.25, 0.3) is 0 Å². The topological polar surface area (TPSA) is 83.3 Å². The van der Waals surface area contributed by atoms with Crippen molar-refractivity contribution in [2.75, 3.05) is 6.79 Å². The van der Waals surface area contributed by atoms with E-state index in [0.717, 1.165) is 48.9 Å². The normalized spacial score (nSPS) is 11.8. The van der Waals surface area contributed by atoms with Gasteiger partial charge >= 0.3 is 6.15 Å². The lowest BCUT2D eigenvalue weighted by Crippen LogP contribution is -1.94. The fraction of sp³-hybridized carbons (Fsp3) is 0.208. The number of thioether (sulfide) groups is 1. The zero-order chi connectivity index (χ0) is 25.1. The summed E-state index contributed by atoms with van der Waals surface area (Å²) in [5.74, 6) is 1.52. The second kappa shape index (κ2) is 10.8. The van der Waals surface area contributed by atoms with Gasteiger partial charge in [-0.3, -0.25) is 0 Å². The Morgan fingerprint density at radius 1 is 1.06 bits per heavy atom. The average molecular weight is 548 g/mol. The van der Waals surface area contributed by atoms with Crippen LogP contribution in [0.3, 0.4) is 0 Å². The summed E-state index contributed by atoms with van der Waals surface area (Å²) in [5, 5.41) is 6.99. The zero-order valence-electron chi connectivity index (χ0n) is 18.9. The third-order valence-corrected chi connectivity index (χ3v) is 7.90. The monoisotopic (exact) mass is 547 g/mol. The Hall–Kier alpha value is -2.81. The van der Waals surface area contributed by atoms with Crippen LogP contribution < -0.4 is 9.47 Å². The highest BCUT2D eigenvalue weighted by atomic mass is 35.5. The van der Waals surface area contributed by atoms with Crippen LogP contribution in [0.15, 0.2) is 46.8 Å². The molecule has 0 saturated carbocycles. The quantitative estimate of drug-likeness (QED) is 0.250. The summed E-state index contributed by atoms with van der Waals surface area (Å²) in [5.41, 5.74) is 4.78. The standard InChI is InChI=1S/C23H19Cl2N3O2S2.CO2/c1-12(2)31-22-21(15-4-6-17(24)18(25)8-15)26-23(32-22)28-10-16(13(3)27-28)14-5-7-19-20(9-14)30-11-29-19;2-1-3/h4-10,12H,11H2,1-3H3;. The van der Waals surface area contributed by atoms with Crippen molar-refractivity contribution < 1.29 is 19.1 Å². The molecule has 180 valence electrons. The van der Waals surface area contributed by atoms with Gasteiger partial charge in [0.1, 0.15) is 0 Å². The van der Waals surface area contributed by atoms with Crippen molar-refractivity contribution in [3.63, 3.8) is 0 Å². The maximum absolute atomic E-state index is 8.12. The number of ether oxygens (including phenoxy) is 2. The van der Waals surface area contributed by atoms with E-state index in [9.17, 15) is 0 Å². The van der Waals surface area contributed by atoms with E-state index >= 15 is 0 Å². The third-order valence-electron chi connectivity index (χ3n) is 4.90. The SMILES string of the molecule is Cc1nn(-c2nc(-c3ccc(Cl)c(Cl)c3)c(SC(C)C)s2)cc1-c1ccc2c(c1)OCO2.O=C=O. The number of thiazole rings is 1. The van der Waals surface area contributed by atoms with Gasteiger partial charge in [0.05, 0.1) is 25.6 Å². The molecule has 0 radical (unpaired) electrons. The molecule has 7 nitrogen and oxygen atoms in total. The van der Waals surface area contributed by atoms with Crippen LogP contribution in [0.5, 0.6) is 11.5 Å². The fourth-order valence-electron chi connectivity index (χ4n) is 3.42. The predicted molar refractivity (Wildman–Crippen MR) is 137 cm³/mol. The molecule has 0 amide bonds. The number of hydrogen-bond acceptors (Lipinski definition) is 8. The van der Waals surface area contributed by atoms with Crippen molar-refractivity contribution in [3.8, 4) is 39.0 Å². The molecular weight excluding hydrogens is 529 g/mol. The second-order valence-corrected chi connectivity index (χ2v) is 11.3. The number of halogens is 2. The van der Waals surface area contributed by atoms with E-state index in [1.54, 1.807) is 29.2 Å². The zero-order valence-corrected chi connectivity index (χ0v) is 22.0. The van der Waals surface area contributed by atoms with E-state index in [4.69, 9.17) is 52.3 Å². The van der Waals surface area contributed by atoms with Crippen molar-refractivity contribution in [3.05, 3.63) is 58.3 Å². The lowest BCUT2D eigenvalue weighted by molar-refractivity contribution is -0.191. The fourth-order valence-corrected chi connectivity index (χ4v) is 6.16. The first-order chi connectivity index (χ1) is 16.8. The highest BCUT2D eigenvalue weighted by Crippen LogP contribution is 2.42. The van der Waals surface area contributed by atoms with Crippen molar-refractivity contribution in [1.29, 1.82) is 0 Å². The number of benzene rings is 2. The first-order valence-corrected chi connectivity index (χ1v) is 12.8. The van der Waals surface area contributed by atoms with Crippen LogP contribution in [-0.4, -0.2) is 33.0 Å². The highest BCUT2D eigenvalue weighted by Gasteiger charge is 2.20. The van der Waals surface area contributed by atoms with Gasteiger partial charge in [-0.15, -0.1) is 11.8 Å². The van der Waals surface area contributed by atoms with E-state index in [-0.39, 0.29) is 12.9 Å². The van der Waals surface area contributed by atoms with Gasteiger partial charge < -0.3 is 9.47 Å². The molecule has 1 aliphatic heterocycles. The smallest absolute Gasteiger partial charge is 0.373 e. The Morgan fingerprint density at radius 2 is 1.77 bits per heavy atom. The Bertz CT molecular complexity index is 1410. The first kappa shape index (κ1) is 25.3. The molecule has 0 fully saturated rings. The van der Waals surface area contributed by atoms with Crippen molar-refractivity contribution in [1.82, 2.24) is 14.8 Å². The van der Waals surface area contributed by atoms with Gasteiger partial charge in [-0.25, -0.2) is 9.67 Å². The maximum atomic E-state index is 8.12. The molecule has 5 rings (SSSR count). The minimum absolute atomic E-state index is 0.250. The Morgan fingerprint density at radius 3 is 2.49 bits per heavy atom. The minimum Gasteiger partial charge on any atom is -0.454 e. The average Bonchev–Trinajstić information content (AvgIpc) is 3.53. The molecule has 0 bridgehead atoms. The highest BCUT2D eigenvalue weighted by molar-refractivity contribution is 8.01. The number of carbonyl (C=O) groups excluding carboxylic acids is 2. The van der Waals surface area contributed by atoms with Gasteiger partial charge in [-0.1, -0.05) is 60.5 Å². The molecule has 0 N–H and O–H groups in total. The molecular formula is C24H19Cl2N3O4S2. The van der Waals surface area contributed by atoms with Crippen LogP contribution >= 0.6 is 46.3 Å². The number of fused-ring (bicyclic) bond motifs is 1. The minimum atomic E-state index is 0.250. The van der Waals surface area contributed by atoms with Crippen LogP contribution in [0.25, 0.3) is 27.5 Å². The number of aromatic nitrogens is 3. The van der Waals surface area contributed by atoms with Crippen molar-refractivity contribution in [2.45, 2.75) is 30.2 Å². The van der Waals surface area contributed by atoms with E-state index in [2.05, 4.69) is 13.8 Å². The molecule has 1 aliphatic rings. The second-order valence-electron chi connectivity index (χ2n) is 7.65. The molecule has 11 heteroatoms. The van der Waals surface area contributed by atoms with E-state index in [0.29, 0.717) is 15.3 Å². The molecule has 3 heterocycles. The van der Waals surface area contributed by atoms with Crippen LogP contribution in [0, 0.1) is 6.92 Å². The van der Waals surface area contributed by atoms with E-state index in [1.807, 2.05) is 48.1 Å². The Balaban J connectivity index is 0.000000917. The Kier molecular flexibility index (Phi) is 7.84.